The number of carbonyl (C=O) groups is 1. The molecule has 0 aliphatic carbocycles. The number of carbonyl (C=O) groups excluding carboxylic acids is 1. The van der Waals surface area contributed by atoms with Crippen LogP contribution < -0.4 is 11.1 Å². The highest BCUT2D eigenvalue weighted by Gasteiger charge is 2.27. The molecule has 0 heterocycles. The number of amides is 1. The van der Waals surface area contributed by atoms with E-state index in [2.05, 4.69) is 22.3 Å². The van der Waals surface area contributed by atoms with E-state index in [4.69, 9.17) is 5.73 Å². The number of hydrogen-bond donors (Lipinski definition) is 2. The Bertz CT molecular complexity index is 259. The Labute approximate surface area is 103 Å². The molecule has 0 saturated heterocycles. The van der Waals surface area contributed by atoms with Crippen LogP contribution in [-0.2, 0) is 9.53 Å². The molecule has 0 rings (SSSR count). The molecule has 0 aromatic carbocycles. The molecule has 0 saturated carbocycles. The number of nitrogens with one attached hydrogen (secondary N) is 1. The van der Waals surface area contributed by atoms with E-state index in [0.717, 1.165) is 0 Å². The maximum Gasteiger partial charge on any atom is 0.411 e. The van der Waals surface area contributed by atoms with Crippen LogP contribution in [0.15, 0.2) is 0 Å². The molecule has 0 aromatic heterocycles. The van der Waals surface area contributed by atoms with E-state index in [-0.39, 0.29) is 18.9 Å². The maximum absolute atomic E-state index is 11.7. The molecule has 0 radical (unpaired) electrons. The second-order valence-corrected chi connectivity index (χ2v) is 3.86. The van der Waals surface area contributed by atoms with Gasteiger partial charge in [0.15, 0.2) is 0 Å². The number of ether oxygens (including phenoxy) is 1. The van der Waals surface area contributed by atoms with Gasteiger partial charge < -0.3 is 15.8 Å². The molecule has 17 heavy (non-hydrogen) atoms. The van der Waals surface area contributed by atoms with Gasteiger partial charge in [0.05, 0.1) is 11.6 Å². The summed E-state index contributed by atoms with van der Waals surface area (Å²) in [5.74, 6) is -0.352. The smallest absolute Gasteiger partial charge is 0.393 e. The maximum atomic E-state index is 11.7. The van der Waals surface area contributed by atoms with E-state index in [1.807, 2.05) is 0 Å². The summed E-state index contributed by atoms with van der Waals surface area (Å²) in [6, 6.07) is 0. The van der Waals surface area contributed by atoms with Crippen LogP contribution in [0.2, 0.25) is 0 Å². The molecule has 0 aliphatic rings. The Hall–Kier alpha value is -0.890. The summed E-state index contributed by atoms with van der Waals surface area (Å²) in [5.41, 5.74) is 5.24. The summed E-state index contributed by atoms with van der Waals surface area (Å²) < 4.78 is 39.3. The van der Waals surface area contributed by atoms with Crippen LogP contribution in [0.1, 0.15) is 19.3 Å². The van der Waals surface area contributed by atoms with E-state index >= 15 is 0 Å². The van der Waals surface area contributed by atoms with Gasteiger partial charge in [-0.1, -0.05) is 12.2 Å². The predicted molar refractivity (Wildman–Crippen MR) is 60.5 cm³/mol. The molecule has 0 aromatic rings. The van der Waals surface area contributed by atoms with Crippen molar-refractivity contribution in [3.05, 3.63) is 0 Å². The third kappa shape index (κ3) is 13.0. The molecule has 8 heteroatoms. The summed E-state index contributed by atoms with van der Waals surface area (Å²) in [4.78, 5) is 11.4. The molecule has 0 aliphatic heterocycles. The van der Waals surface area contributed by atoms with Crippen LogP contribution in [0, 0.1) is 0 Å². The van der Waals surface area contributed by atoms with Crippen molar-refractivity contribution in [3.63, 3.8) is 0 Å². The first-order valence-electron chi connectivity index (χ1n) is 5.01. The highest BCUT2D eigenvalue weighted by Crippen LogP contribution is 2.14. The van der Waals surface area contributed by atoms with Gasteiger partial charge in [-0.2, -0.15) is 13.2 Å². The van der Waals surface area contributed by atoms with Gasteiger partial charge >= 0.3 is 6.18 Å². The Kier molecular flexibility index (Phi) is 7.81. The van der Waals surface area contributed by atoms with Gasteiger partial charge in [-0.15, -0.1) is 0 Å². The number of hydrogen-bond acceptors (Lipinski definition) is 3. The van der Waals surface area contributed by atoms with Gasteiger partial charge in [-0.05, 0) is 12.8 Å². The lowest BCUT2D eigenvalue weighted by Gasteiger charge is -2.07. The number of halogens is 3. The minimum Gasteiger partial charge on any atom is -0.393 e. The lowest BCUT2D eigenvalue weighted by molar-refractivity contribution is -0.174. The summed E-state index contributed by atoms with van der Waals surface area (Å²) in [7, 11) is 0. The molecule has 0 atom stereocenters. The average Bonchev–Trinajstić information content (AvgIpc) is 2.18. The summed E-state index contributed by atoms with van der Waals surface area (Å²) in [6.45, 7) is -1.18. The molecule has 0 spiro atoms. The van der Waals surface area contributed by atoms with Gasteiger partial charge in [-0.25, -0.2) is 0 Å². The second kappa shape index (κ2) is 8.24. The highest BCUT2D eigenvalue weighted by molar-refractivity contribution is 7.80. The normalized spacial score (nSPS) is 11.2. The first-order chi connectivity index (χ1) is 7.81. The number of alkyl halides is 3. The summed E-state index contributed by atoms with van der Waals surface area (Å²) in [6.07, 6.45) is -3.30. The number of nitrogens with two attached hydrogens (primary N) is 1. The zero-order chi connectivity index (χ0) is 13.3. The molecule has 1 amide bonds. The third-order valence-corrected chi connectivity index (χ3v) is 1.87. The van der Waals surface area contributed by atoms with Gasteiger partial charge in [0, 0.05) is 13.0 Å². The van der Waals surface area contributed by atoms with Crippen molar-refractivity contribution in [1.82, 2.24) is 5.32 Å². The van der Waals surface area contributed by atoms with Gasteiger partial charge in [-0.3, -0.25) is 4.79 Å². The minimum absolute atomic E-state index is 0.0941. The molecule has 4 nitrogen and oxygen atoms in total. The fraction of sp³-hybridized carbons (Fsp3) is 0.778. The van der Waals surface area contributed by atoms with Crippen molar-refractivity contribution in [3.8, 4) is 0 Å². The third-order valence-electron chi connectivity index (χ3n) is 1.66. The van der Waals surface area contributed by atoms with Crippen molar-refractivity contribution >= 4 is 23.1 Å². The highest BCUT2D eigenvalue weighted by atomic mass is 32.1. The van der Waals surface area contributed by atoms with Crippen LogP contribution in [0.3, 0.4) is 0 Å². The van der Waals surface area contributed by atoms with Crippen molar-refractivity contribution in [1.29, 1.82) is 0 Å². The van der Waals surface area contributed by atoms with Crippen LogP contribution in [0.4, 0.5) is 13.2 Å². The predicted octanol–water partition coefficient (Wildman–Crippen LogP) is 1.14. The lowest BCUT2D eigenvalue weighted by Crippen LogP contribution is -2.27. The largest absolute Gasteiger partial charge is 0.411 e. The van der Waals surface area contributed by atoms with E-state index in [9.17, 15) is 18.0 Å². The molecule has 100 valence electrons. The Morgan fingerprint density at radius 3 is 2.53 bits per heavy atom. The topological polar surface area (TPSA) is 64.3 Å². The average molecular weight is 272 g/mol. The van der Waals surface area contributed by atoms with Crippen LogP contribution in [-0.4, -0.2) is 36.8 Å². The molecular formula is C9H15F3N2O2S. The van der Waals surface area contributed by atoms with Crippen molar-refractivity contribution in [2.75, 3.05) is 19.8 Å². The first kappa shape index (κ1) is 16.1. The van der Waals surface area contributed by atoms with E-state index in [0.29, 0.717) is 24.4 Å². The van der Waals surface area contributed by atoms with Crippen molar-refractivity contribution in [2.24, 2.45) is 5.73 Å². The van der Waals surface area contributed by atoms with Gasteiger partial charge in [0.2, 0.25) is 5.91 Å². The molecule has 0 bridgehead atoms. The number of rotatable bonds is 8. The quantitative estimate of drug-likeness (QED) is 0.514. The van der Waals surface area contributed by atoms with Crippen molar-refractivity contribution < 1.29 is 22.7 Å². The molecule has 3 N–H and O–H groups in total. The molecule has 0 unspecified atom stereocenters. The van der Waals surface area contributed by atoms with Crippen LogP contribution >= 0.6 is 12.2 Å². The fourth-order valence-corrected chi connectivity index (χ4v) is 1.08. The first-order valence-corrected chi connectivity index (χ1v) is 5.41. The standard InChI is InChI=1S/C9H15F3N2O2S/c10-9(11,12)6-16-5-3-8(15)14-4-1-2-7(13)17/h1-6H2,(H2,13,17)(H,14,15). The zero-order valence-corrected chi connectivity index (χ0v) is 10.00. The Balaban J connectivity index is 3.38. The Morgan fingerprint density at radius 2 is 2.00 bits per heavy atom. The van der Waals surface area contributed by atoms with Gasteiger partial charge in [0.1, 0.15) is 6.61 Å². The molecule has 0 fully saturated rings. The summed E-state index contributed by atoms with van der Waals surface area (Å²) in [5, 5.41) is 2.52. The number of thiocarbonyl (C=S) groups is 1. The lowest BCUT2D eigenvalue weighted by atomic mass is 10.3. The minimum atomic E-state index is -4.35. The fourth-order valence-electron chi connectivity index (χ4n) is 0.932. The molecular weight excluding hydrogens is 257 g/mol. The van der Waals surface area contributed by atoms with Crippen LogP contribution in [0.5, 0.6) is 0 Å². The van der Waals surface area contributed by atoms with Gasteiger partial charge in [0.25, 0.3) is 0 Å². The van der Waals surface area contributed by atoms with Crippen molar-refractivity contribution in [2.45, 2.75) is 25.4 Å². The zero-order valence-electron chi connectivity index (χ0n) is 9.18. The monoisotopic (exact) mass is 272 g/mol. The van der Waals surface area contributed by atoms with E-state index in [1.54, 1.807) is 0 Å². The summed E-state index contributed by atoms with van der Waals surface area (Å²) >= 11 is 4.63. The van der Waals surface area contributed by atoms with Crippen LogP contribution in [0.25, 0.3) is 0 Å². The Morgan fingerprint density at radius 1 is 1.35 bits per heavy atom. The van der Waals surface area contributed by atoms with E-state index in [1.165, 1.54) is 0 Å². The van der Waals surface area contributed by atoms with E-state index < -0.39 is 12.8 Å². The second-order valence-electron chi connectivity index (χ2n) is 3.34. The SMILES string of the molecule is NC(=S)CCCNC(=O)CCOCC(F)(F)F.